The van der Waals surface area contributed by atoms with E-state index in [1.165, 1.54) is 0 Å². The Hall–Kier alpha value is -4.85. The summed E-state index contributed by atoms with van der Waals surface area (Å²) in [5, 5.41) is 17.6. The third kappa shape index (κ3) is 6.21. The molecule has 3 fully saturated rings. The van der Waals surface area contributed by atoms with Crippen LogP contribution < -0.4 is 10.2 Å². The molecule has 11 heteroatoms. The van der Waals surface area contributed by atoms with E-state index in [1.807, 2.05) is 58.0 Å². The van der Waals surface area contributed by atoms with Crippen LogP contribution in [0.1, 0.15) is 85.3 Å². The van der Waals surface area contributed by atoms with Gasteiger partial charge in [-0.15, -0.1) is 0 Å². The number of amides is 2. The van der Waals surface area contributed by atoms with Crippen molar-refractivity contribution in [1.29, 1.82) is 5.26 Å². The Balaban J connectivity index is 1.06. The molecule has 4 aromatic rings. The van der Waals surface area contributed by atoms with Gasteiger partial charge in [0, 0.05) is 90.7 Å². The summed E-state index contributed by atoms with van der Waals surface area (Å²) in [5.41, 5.74) is 4.54. The molecular formula is C39H48N8O3. The number of hydrogen-bond acceptors (Lipinski definition) is 7. The minimum atomic E-state index is -0.483. The van der Waals surface area contributed by atoms with Crippen molar-refractivity contribution in [3.05, 3.63) is 60.8 Å². The van der Waals surface area contributed by atoms with Gasteiger partial charge in [0.2, 0.25) is 5.91 Å². The molecule has 50 heavy (non-hydrogen) atoms. The normalized spacial score (nSPS) is 18.5. The van der Waals surface area contributed by atoms with Gasteiger partial charge in [-0.1, -0.05) is 6.92 Å². The zero-order chi connectivity index (χ0) is 35.4. The maximum Gasteiger partial charge on any atom is 0.410 e. The maximum atomic E-state index is 13.0. The fraction of sp³-hybridized carbons (Fsp3) is 0.513. The molecule has 0 atom stereocenters. The van der Waals surface area contributed by atoms with Crippen LogP contribution in [-0.2, 0) is 9.53 Å². The summed E-state index contributed by atoms with van der Waals surface area (Å²) < 4.78 is 9.63. The quantitative estimate of drug-likeness (QED) is 0.228. The highest BCUT2D eigenvalue weighted by molar-refractivity contribution is 5.87. The van der Waals surface area contributed by atoms with Gasteiger partial charge in [-0.3, -0.25) is 4.79 Å². The van der Waals surface area contributed by atoms with Crippen molar-refractivity contribution >= 4 is 23.3 Å². The zero-order valence-corrected chi connectivity index (χ0v) is 30.1. The second-order valence-corrected chi connectivity index (χ2v) is 16.0. The Morgan fingerprint density at radius 1 is 1.06 bits per heavy atom. The van der Waals surface area contributed by atoms with Crippen LogP contribution in [0.15, 0.2) is 55.2 Å². The summed E-state index contributed by atoms with van der Waals surface area (Å²) in [6, 6.07) is 11.2. The number of nitrogens with zero attached hydrogens (tertiary/aromatic N) is 7. The lowest BCUT2D eigenvalue weighted by Gasteiger charge is -2.58. The number of rotatable bonds is 7. The second kappa shape index (κ2) is 12.5. The van der Waals surface area contributed by atoms with Crippen molar-refractivity contribution in [3.63, 3.8) is 0 Å². The van der Waals surface area contributed by atoms with Crippen LogP contribution in [0, 0.1) is 22.2 Å². The highest BCUT2D eigenvalue weighted by atomic mass is 16.6. The topological polar surface area (TPSA) is 121 Å². The van der Waals surface area contributed by atoms with Crippen molar-refractivity contribution in [1.82, 2.24) is 29.4 Å². The minimum Gasteiger partial charge on any atom is -0.444 e. The number of nitriles is 1. The number of fused-ring (bicyclic) bond motifs is 1. The number of anilines is 1. The van der Waals surface area contributed by atoms with E-state index in [0.29, 0.717) is 11.6 Å². The number of pyridine rings is 2. The van der Waals surface area contributed by atoms with Crippen LogP contribution >= 0.6 is 0 Å². The van der Waals surface area contributed by atoms with Crippen LogP contribution in [0.2, 0.25) is 0 Å². The number of ether oxygens (including phenoxy) is 1. The van der Waals surface area contributed by atoms with Gasteiger partial charge in [0.1, 0.15) is 17.5 Å². The molecule has 6 heterocycles. The molecule has 2 aliphatic heterocycles. The van der Waals surface area contributed by atoms with E-state index in [9.17, 15) is 14.9 Å². The Morgan fingerprint density at radius 3 is 2.42 bits per heavy atom. The van der Waals surface area contributed by atoms with Crippen LogP contribution in [0.4, 0.5) is 10.6 Å². The Morgan fingerprint density at radius 2 is 1.80 bits per heavy atom. The molecule has 262 valence electrons. The fourth-order valence-electron chi connectivity index (χ4n) is 8.07. The zero-order valence-electron chi connectivity index (χ0n) is 30.1. The monoisotopic (exact) mass is 676 g/mol. The van der Waals surface area contributed by atoms with Gasteiger partial charge in [0.15, 0.2) is 0 Å². The predicted molar refractivity (Wildman–Crippen MR) is 193 cm³/mol. The number of likely N-dealkylation sites (tertiary alicyclic amines) is 1. The fourth-order valence-corrected chi connectivity index (χ4v) is 8.07. The average molecular weight is 677 g/mol. The molecule has 7 rings (SSSR count). The molecule has 3 aliphatic rings. The first-order chi connectivity index (χ1) is 23.8. The number of piperidine rings is 1. The van der Waals surface area contributed by atoms with E-state index in [-0.39, 0.29) is 28.9 Å². The first-order valence-electron chi connectivity index (χ1n) is 17.9. The third-order valence-electron chi connectivity index (χ3n) is 10.9. The summed E-state index contributed by atoms with van der Waals surface area (Å²) in [4.78, 5) is 34.4. The van der Waals surface area contributed by atoms with Gasteiger partial charge < -0.3 is 24.4 Å². The molecule has 11 nitrogen and oxygen atoms in total. The summed E-state index contributed by atoms with van der Waals surface area (Å²) in [7, 11) is 0. The molecule has 0 unspecified atom stereocenters. The summed E-state index contributed by atoms with van der Waals surface area (Å²) in [6.45, 7) is 14.9. The predicted octanol–water partition coefficient (Wildman–Crippen LogP) is 6.83. The Labute approximate surface area is 294 Å². The van der Waals surface area contributed by atoms with Gasteiger partial charge in [0.05, 0.1) is 22.7 Å². The molecule has 0 bridgehead atoms. The SMILES string of the molecule is CCC1(C(=O)NC(C)C)CCN(c2ccc(-c3cc(-c4ccn(C5CC6(C5)CN(C(=O)OC(C)(C)C)C6)c4)cn4ncc(C#N)c34)cn2)CC1. The lowest BCUT2D eigenvalue weighted by molar-refractivity contribution is -0.133. The number of carbonyl (C=O) groups is 2. The Kier molecular flexibility index (Phi) is 8.40. The first-order valence-corrected chi connectivity index (χ1v) is 17.9. The summed E-state index contributed by atoms with van der Waals surface area (Å²) in [5.74, 6) is 1.05. The minimum absolute atomic E-state index is 0.128. The number of nitrogens with one attached hydrogen (secondary N) is 1. The van der Waals surface area contributed by atoms with Gasteiger partial charge in [-0.25, -0.2) is 14.3 Å². The van der Waals surface area contributed by atoms with E-state index in [0.717, 1.165) is 91.9 Å². The van der Waals surface area contributed by atoms with Crippen LogP contribution in [0.3, 0.4) is 0 Å². The van der Waals surface area contributed by atoms with E-state index in [4.69, 9.17) is 9.72 Å². The van der Waals surface area contributed by atoms with Crippen LogP contribution in [-0.4, -0.2) is 73.9 Å². The number of carbonyl (C=O) groups excluding carboxylic acids is 2. The number of aromatic nitrogens is 4. The standard InChI is InChI=1S/C39H48N8O3/c1-7-39(35(48)43-26(2)3)11-14-44(15-12-39)33-9-8-27(20-41-33)32-16-29(23-47-34(32)30(19-40)21-42-47)28-10-13-45(22-28)31-17-38(18-31)24-46(25-38)36(49)50-37(4,5)6/h8-10,13,16,20-23,26,31H,7,11-12,14-15,17-18,24-25H2,1-6H3,(H,43,48). The first kappa shape index (κ1) is 33.6. The largest absolute Gasteiger partial charge is 0.444 e. The lowest BCUT2D eigenvalue weighted by atomic mass is 9.60. The van der Waals surface area contributed by atoms with Crippen molar-refractivity contribution in [2.24, 2.45) is 10.8 Å². The molecule has 0 aromatic carbocycles. The number of hydrogen-bond donors (Lipinski definition) is 1. The molecule has 1 aliphatic carbocycles. The maximum absolute atomic E-state index is 13.0. The molecular weight excluding hydrogens is 628 g/mol. The third-order valence-corrected chi connectivity index (χ3v) is 10.9. The van der Waals surface area contributed by atoms with E-state index in [1.54, 1.807) is 10.7 Å². The van der Waals surface area contributed by atoms with E-state index >= 15 is 0 Å². The van der Waals surface area contributed by atoms with Crippen molar-refractivity contribution in [2.45, 2.75) is 91.3 Å². The van der Waals surface area contributed by atoms with Crippen molar-refractivity contribution < 1.29 is 14.3 Å². The molecule has 0 radical (unpaired) electrons. The molecule has 4 aromatic heterocycles. The highest BCUT2D eigenvalue weighted by Crippen LogP contribution is 2.54. The van der Waals surface area contributed by atoms with E-state index < -0.39 is 5.60 Å². The molecule has 1 spiro atoms. The summed E-state index contributed by atoms with van der Waals surface area (Å²) >= 11 is 0. The van der Waals surface area contributed by atoms with E-state index in [2.05, 4.69) is 63.5 Å². The van der Waals surface area contributed by atoms with Crippen molar-refractivity contribution in [3.8, 4) is 28.3 Å². The molecule has 1 N–H and O–H groups in total. The molecule has 2 amide bonds. The van der Waals surface area contributed by atoms with Gasteiger partial charge in [-0.2, -0.15) is 10.4 Å². The lowest BCUT2D eigenvalue weighted by Crippen LogP contribution is -2.64. The second-order valence-electron chi connectivity index (χ2n) is 16.0. The smallest absolute Gasteiger partial charge is 0.410 e. The Bertz CT molecular complexity index is 1940. The van der Waals surface area contributed by atoms with Crippen molar-refractivity contribution in [2.75, 3.05) is 31.1 Å². The molecule has 1 saturated carbocycles. The van der Waals surface area contributed by atoms with Crippen LogP contribution in [0.5, 0.6) is 0 Å². The van der Waals surface area contributed by atoms with Crippen LogP contribution in [0.25, 0.3) is 27.8 Å². The average Bonchev–Trinajstić information content (AvgIpc) is 3.70. The molecule has 2 saturated heterocycles. The van der Waals surface area contributed by atoms with Gasteiger partial charge >= 0.3 is 6.09 Å². The van der Waals surface area contributed by atoms with Gasteiger partial charge in [0.25, 0.3) is 0 Å². The van der Waals surface area contributed by atoms with Gasteiger partial charge in [-0.05, 0) is 91.0 Å². The highest BCUT2D eigenvalue weighted by Gasteiger charge is 2.54. The summed E-state index contributed by atoms with van der Waals surface area (Å²) in [6.07, 6.45) is 14.1.